The van der Waals surface area contributed by atoms with E-state index >= 15 is 0 Å². The van der Waals surface area contributed by atoms with Crippen molar-refractivity contribution in [3.63, 3.8) is 0 Å². The van der Waals surface area contributed by atoms with E-state index in [1.165, 1.54) is 28.5 Å². The molecule has 0 atom stereocenters. The van der Waals surface area contributed by atoms with Crippen LogP contribution in [0.3, 0.4) is 0 Å². The van der Waals surface area contributed by atoms with Crippen molar-refractivity contribution in [2.45, 2.75) is 12.8 Å². The van der Waals surface area contributed by atoms with E-state index in [-0.39, 0.29) is 11.8 Å². The van der Waals surface area contributed by atoms with Crippen molar-refractivity contribution in [2.24, 2.45) is 0 Å². The maximum absolute atomic E-state index is 12.9. The molecule has 0 radical (unpaired) electrons. The molecule has 0 bridgehead atoms. The van der Waals surface area contributed by atoms with Gasteiger partial charge in [-0.25, -0.2) is 24.4 Å². The summed E-state index contributed by atoms with van der Waals surface area (Å²) < 4.78 is 12.9. The zero-order chi connectivity index (χ0) is 16.9. The van der Waals surface area contributed by atoms with E-state index in [1.807, 2.05) is 0 Å². The second kappa shape index (κ2) is 7.21. The van der Waals surface area contributed by atoms with E-state index in [1.54, 1.807) is 12.1 Å². The molecular weight excluding hydrogens is 335 g/mol. The Morgan fingerprint density at radius 1 is 1.33 bits per heavy atom. The summed E-state index contributed by atoms with van der Waals surface area (Å²) in [4.78, 5) is 23.4. The molecule has 1 aliphatic heterocycles. The number of carbonyl (C=O) groups is 2. The first kappa shape index (κ1) is 16.1. The molecule has 1 aromatic carbocycles. The van der Waals surface area contributed by atoms with Crippen molar-refractivity contribution in [1.29, 1.82) is 0 Å². The van der Waals surface area contributed by atoms with Crippen LogP contribution in [0.4, 0.5) is 19.1 Å². The minimum Gasteiger partial charge on any atom is -0.336 e. The molecule has 2 aromatic rings. The van der Waals surface area contributed by atoms with Gasteiger partial charge in [-0.15, -0.1) is 10.2 Å². The second-order valence-electron chi connectivity index (χ2n) is 5.11. The molecular formula is C14H15FN6O2S. The fourth-order valence-corrected chi connectivity index (χ4v) is 2.91. The molecule has 1 fully saturated rings. The Morgan fingerprint density at radius 3 is 2.88 bits per heavy atom. The van der Waals surface area contributed by atoms with E-state index < -0.39 is 6.03 Å². The van der Waals surface area contributed by atoms with Crippen LogP contribution >= 0.6 is 11.3 Å². The number of benzene rings is 1. The standard InChI is InChI=1S/C14H15FN6O2S/c15-10-4-2-9(3-5-10)8-11-18-19-13(24-11)17-12(22)20-21-7-1-6-16-14(21)23/h2-5H,1,6-8H2,(H,16,23)(H2,17,19,20,22). The molecule has 3 N–H and O–H groups in total. The van der Waals surface area contributed by atoms with Crippen LogP contribution in [0.5, 0.6) is 0 Å². The molecule has 0 unspecified atom stereocenters. The van der Waals surface area contributed by atoms with E-state index in [4.69, 9.17) is 0 Å². The number of carbonyl (C=O) groups excluding carboxylic acids is 2. The Kier molecular flexibility index (Phi) is 4.85. The number of nitrogens with one attached hydrogen (secondary N) is 3. The second-order valence-corrected chi connectivity index (χ2v) is 6.17. The minimum atomic E-state index is -0.559. The molecule has 1 saturated heterocycles. The van der Waals surface area contributed by atoms with Gasteiger partial charge in [0.1, 0.15) is 10.8 Å². The highest BCUT2D eigenvalue weighted by atomic mass is 32.1. The maximum atomic E-state index is 12.9. The summed E-state index contributed by atoms with van der Waals surface area (Å²) >= 11 is 1.22. The fraction of sp³-hybridized carbons (Fsp3) is 0.286. The molecule has 4 amide bonds. The van der Waals surface area contributed by atoms with Crippen LogP contribution in [0, 0.1) is 5.82 Å². The molecule has 2 heterocycles. The lowest BCUT2D eigenvalue weighted by atomic mass is 10.2. The summed E-state index contributed by atoms with van der Waals surface area (Å²) in [5, 5.41) is 15.3. The van der Waals surface area contributed by atoms with Gasteiger partial charge in [0.2, 0.25) is 5.13 Å². The number of urea groups is 2. The number of hydrazine groups is 1. The molecule has 0 spiro atoms. The van der Waals surface area contributed by atoms with Gasteiger partial charge in [-0.1, -0.05) is 23.5 Å². The summed E-state index contributed by atoms with van der Waals surface area (Å²) in [7, 11) is 0. The van der Waals surface area contributed by atoms with Gasteiger partial charge in [0.25, 0.3) is 0 Å². The van der Waals surface area contributed by atoms with Crippen LogP contribution in [-0.2, 0) is 6.42 Å². The summed E-state index contributed by atoms with van der Waals surface area (Å²) in [6, 6.07) is 5.21. The molecule has 8 nitrogen and oxygen atoms in total. The number of anilines is 1. The highest BCUT2D eigenvalue weighted by Crippen LogP contribution is 2.18. The zero-order valence-electron chi connectivity index (χ0n) is 12.6. The van der Waals surface area contributed by atoms with Crippen molar-refractivity contribution in [3.05, 3.63) is 40.7 Å². The van der Waals surface area contributed by atoms with Crippen LogP contribution in [0.15, 0.2) is 24.3 Å². The Hall–Kier alpha value is -2.75. The third kappa shape index (κ3) is 4.16. The van der Waals surface area contributed by atoms with Gasteiger partial charge in [-0.2, -0.15) is 0 Å². The molecule has 3 rings (SSSR count). The van der Waals surface area contributed by atoms with Gasteiger partial charge in [0, 0.05) is 19.5 Å². The largest absolute Gasteiger partial charge is 0.340 e. The van der Waals surface area contributed by atoms with Gasteiger partial charge in [0.05, 0.1) is 0 Å². The van der Waals surface area contributed by atoms with Crippen LogP contribution < -0.4 is 16.1 Å². The van der Waals surface area contributed by atoms with E-state index in [2.05, 4.69) is 26.3 Å². The number of hydrogen-bond donors (Lipinski definition) is 3. The number of rotatable bonds is 4. The first-order valence-electron chi connectivity index (χ1n) is 7.30. The van der Waals surface area contributed by atoms with Crippen LogP contribution in [-0.4, -0.2) is 40.4 Å². The fourth-order valence-electron chi connectivity index (χ4n) is 2.14. The molecule has 126 valence electrons. The minimum absolute atomic E-state index is 0.295. The van der Waals surface area contributed by atoms with Crippen molar-refractivity contribution in [1.82, 2.24) is 25.9 Å². The van der Waals surface area contributed by atoms with Crippen molar-refractivity contribution in [2.75, 3.05) is 18.4 Å². The summed E-state index contributed by atoms with van der Waals surface area (Å²) in [6.07, 6.45) is 1.25. The quantitative estimate of drug-likeness (QED) is 0.782. The van der Waals surface area contributed by atoms with Crippen molar-refractivity contribution in [3.8, 4) is 0 Å². The molecule has 24 heavy (non-hydrogen) atoms. The lowest BCUT2D eigenvalue weighted by Gasteiger charge is -2.27. The zero-order valence-corrected chi connectivity index (χ0v) is 13.4. The molecule has 1 aromatic heterocycles. The van der Waals surface area contributed by atoms with Crippen molar-refractivity contribution < 1.29 is 14.0 Å². The summed E-state index contributed by atoms with van der Waals surface area (Å²) in [6.45, 7) is 1.05. The smallest absolute Gasteiger partial charge is 0.336 e. The normalized spacial score (nSPS) is 14.2. The third-order valence-electron chi connectivity index (χ3n) is 3.27. The number of aromatic nitrogens is 2. The predicted molar refractivity (Wildman–Crippen MR) is 86.0 cm³/mol. The average molecular weight is 350 g/mol. The Labute approximate surface area is 141 Å². The van der Waals surface area contributed by atoms with Crippen LogP contribution in [0.1, 0.15) is 17.0 Å². The number of hydrogen-bond acceptors (Lipinski definition) is 5. The maximum Gasteiger partial charge on any atom is 0.340 e. The highest BCUT2D eigenvalue weighted by Gasteiger charge is 2.20. The van der Waals surface area contributed by atoms with Crippen LogP contribution in [0.2, 0.25) is 0 Å². The lowest BCUT2D eigenvalue weighted by molar-refractivity contribution is 0.160. The van der Waals surface area contributed by atoms with Gasteiger partial charge in [-0.3, -0.25) is 5.32 Å². The topological polar surface area (TPSA) is 99.2 Å². The van der Waals surface area contributed by atoms with Crippen molar-refractivity contribution >= 4 is 28.5 Å². The first-order chi connectivity index (χ1) is 11.6. The highest BCUT2D eigenvalue weighted by molar-refractivity contribution is 7.15. The SMILES string of the molecule is O=C(Nc1nnc(Cc2ccc(F)cc2)s1)NN1CCCNC1=O. The van der Waals surface area contributed by atoms with Gasteiger partial charge < -0.3 is 5.32 Å². The predicted octanol–water partition coefficient (Wildman–Crippen LogP) is 1.72. The summed E-state index contributed by atoms with van der Waals surface area (Å²) in [5.41, 5.74) is 3.35. The average Bonchev–Trinajstić information content (AvgIpc) is 2.99. The lowest BCUT2D eigenvalue weighted by Crippen LogP contribution is -2.55. The van der Waals surface area contributed by atoms with Gasteiger partial charge in [-0.05, 0) is 24.1 Å². The van der Waals surface area contributed by atoms with E-state index in [9.17, 15) is 14.0 Å². The Morgan fingerprint density at radius 2 is 2.12 bits per heavy atom. The van der Waals surface area contributed by atoms with Gasteiger partial charge >= 0.3 is 12.1 Å². The van der Waals surface area contributed by atoms with Gasteiger partial charge in [0.15, 0.2) is 0 Å². The van der Waals surface area contributed by atoms with E-state index in [0.29, 0.717) is 29.6 Å². The first-order valence-corrected chi connectivity index (χ1v) is 8.11. The molecule has 10 heteroatoms. The number of halogens is 1. The Balaban J connectivity index is 1.54. The summed E-state index contributed by atoms with van der Waals surface area (Å²) in [5.74, 6) is -0.295. The van der Waals surface area contributed by atoms with E-state index in [0.717, 1.165) is 12.0 Å². The third-order valence-corrected chi connectivity index (χ3v) is 4.11. The molecule has 0 saturated carbocycles. The Bertz CT molecular complexity index is 735. The number of amides is 4. The van der Waals surface area contributed by atoms with Crippen LogP contribution in [0.25, 0.3) is 0 Å². The monoisotopic (exact) mass is 350 g/mol. The number of nitrogens with zero attached hydrogens (tertiary/aromatic N) is 3. The molecule has 0 aliphatic carbocycles. The molecule has 1 aliphatic rings.